The summed E-state index contributed by atoms with van der Waals surface area (Å²) < 4.78 is -0.766. The lowest BCUT2D eigenvalue weighted by Crippen LogP contribution is -2.72. The Kier molecular flexibility index (Phi) is 4.28. The van der Waals surface area contributed by atoms with Gasteiger partial charge < -0.3 is 25.2 Å². The van der Waals surface area contributed by atoms with Crippen molar-refractivity contribution in [2.75, 3.05) is 0 Å². The first kappa shape index (κ1) is 17.7. The third-order valence-corrected chi connectivity index (χ3v) is 6.62. The Balaban J connectivity index is 1.77. The zero-order valence-electron chi connectivity index (χ0n) is 13.3. The zero-order valence-corrected chi connectivity index (χ0v) is 14.9. The third-order valence-electron chi connectivity index (χ3n) is 4.35. The maximum atomic E-state index is 12.4. The fourth-order valence-electron chi connectivity index (χ4n) is 3.21. The van der Waals surface area contributed by atoms with Gasteiger partial charge in [0.05, 0.1) is 12.0 Å². The van der Waals surface area contributed by atoms with Gasteiger partial charge in [-0.05, 0) is 36.2 Å². The van der Waals surface area contributed by atoms with Crippen LogP contribution >= 0.6 is 23.1 Å². The summed E-state index contributed by atoms with van der Waals surface area (Å²) in [4.78, 5) is 48.7. The molecular weight excluding hydrogens is 368 g/mol. The van der Waals surface area contributed by atoms with Crippen molar-refractivity contribution in [2.45, 2.75) is 42.0 Å². The molecule has 0 aliphatic carbocycles. The first-order valence-corrected chi connectivity index (χ1v) is 9.23. The first-order valence-electron chi connectivity index (χ1n) is 7.41. The minimum absolute atomic E-state index is 0.339. The van der Waals surface area contributed by atoms with Gasteiger partial charge in [-0.1, -0.05) is 0 Å². The van der Waals surface area contributed by atoms with Crippen LogP contribution in [-0.2, 0) is 19.2 Å². The second-order valence-electron chi connectivity index (χ2n) is 6.39. The number of thiophene rings is 1. The quantitative estimate of drug-likeness (QED) is 0.504. The van der Waals surface area contributed by atoms with Gasteiger partial charge in [-0.25, -0.2) is 0 Å². The molecule has 0 aromatic carbocycles. The van der Waals surface area contributed by atoms with Gasteiger partial charge in [0, 0.05) is 4.75 Å². The van der Waals surface area contributed by atoms with Crippen LogP contribution in [0.2, 0.25) is 0 Å². The number of aliphatic carboxylic acids is 2. The van der Waals surface area contributed by atoms with Crippen molar-refractivity contribution >= 4 is 46.9 Å². The summed E-state index contributed by atoms with van der Waals surface area (Å²) in [5.41, 5.74) is 0.339. The van der Waals surface area contributed by atoms with Gasteiger partial charge in [0.25, 0.3) is 0 Å². The Morgan fingerprint density at radius 1 is 1.40 bits per heavy atom. The second-order valence-corrected chi connectivity index (χ2v) is 8.94. The average Bonchev–Trinajstić information content (AvgIpc) is 3.09. The molecule has 1 unspecified atom stereocenters. The SMILES string of the molecule is CC1(C)S[C@@H]2[C@H](NC(=O)C(C(=O)O)c3ccsc3)C(=O)N2[C@H]1C(=O)[O-]. The van der Waals surface area contributed by atoms with Crippen molar-refractivity contribution in [3.63, 3.8) is 0 Å². The van der Waals surface area contributed by atoms with Crippen LogP contribution in [0.3, 0.4) is 0 Å². The lowest BCUT2D eigenvalue weighted by atomic mass is 9.95. The molecule has 0 saturated carbocycles. The van der Waals surface area contributed by atoms with E-state index in [4.69, 9.17) is 0 Å². The largest absolute Gasteiger partial charge is 0.548 e. The van der Waals surface area contributed by atoms with Crippen LogP contribution in [0, 0.1) is 0 Å². The monoisotopic (exact) mass is 383 g/mol. The molecule has 10 heteroatoms. The van der Waals surface area contributed by atoms with Crippen LogP contribution in [0.15, 0.2) is 16.8 Å². The maximum Gasteiger partial charge on any atom is 0.320 e. The number of thioether (sulfide) groups is 1. The fraction of sp³-hybridized carbons (Fsp3) is 0.467. The number of nitrogens with zero attached hydrogens (tertiary/aromatic N) is 1. The van der Waals surface area contributed by atoms with Gasteiger partial charge in [0.1, 0.15) is 11.4 Å². The van der Waals surface area contributed by atoms with Gasteiger partial charge in [-0.15, -0.1) is 11.8 Å². The minimum atomic E-state index is -1.41. The molecular formula is C15H15N2O6S2-. The van der Waals surface area contributed by atoms with E-state index in [2.05, 4.69) is 5.32 Å². The summed E-state index contributed by atoms with van der Waals surface area (Å²) >= 11 is 2.52. The van der Waals surface area contributed by atoms with Crippen LogP contribution in [0.25, 0.3) is 0 Å². The van der Waals surface area contributed by atoms with Crippen molar-refractivity contribution in [3.05, 3.63) is 22.4 Å². The highest BCUT2D eigenvalue weighted by molar-refractivity contribution is 8.01. The molecule has 2 aliphatic rings. The molecule has 25 heavy (non-hydrogen) atoms. The molecule has 2 N–H and O–H groups in total. The van der Waals surface area contributed by atoms with Crippen molar-refractivity contribution in [1.82, 2.24) is 10.2 Å². The van der Waals surface area contributed by atoms with E-state index in [0.29, 0.717) is 5.56 Å². The van der Waals surface area contributed by atoms with E-state index in [1.165, 1.54) is 34.1 Å². The Hall–Kier alpha value is -2.07. The van der Waals surface area contributed by atoms with E-state index >= 15 is 0 Å². The Labute approximate surface area is 151 Å². The number of β-lactam (4-membered cyclic amide) rings is 1. The Bertz CT molecular complexity index is 747. The number of amides is 2. The molecule has 2 aliphatic heterocycles. The molecule has 0 bridgehead atoms. The van der Waals surface area contributed by atoms with Crippen molar-refractivity contribution in [1.29, 1.82) is 0 Å². The van der Waals surface area contributed by atoms with Crippen LogP contribution in [-0.4, -0.2) is 56.0 Å². The number of carbonyl (C=O) groups excluding carboxylic acids is 3. The number of rotatable bonds is 5. The molecule has 134 valence electrons. The van der Waals surface area contributed by atoms with Crippen LogP contribution in [0.1, 0.15) is 25.3 Å². The molecule has 1 aromatic rings. The number of hydrogen-bond donors (Lipinski definition) is 2. The number of carboxylic acid groups (broad SMARTS) is 2. The molecule has 3 rings (SSSR count). The van der Waals surface area contributed by atoms with Crippen LogP contribution in [0.5, 0.6) is 0 Å². The summed E-state index contributed by atoms with van der Waals surface area (Å²) in [6.45, 7) is 3.38. The number of carbonyl (C=O) groups is 4. The summed E-state index contributed by atoms with van der Waals surface area (Å²) in [5, 5.41) is 25.8. The van der Waals surface area contributed by atoms with Gasteiger partial charge in [-0.2, -0.15) is 11.3 Å². The van der Waals surface area contributed by atoms with E-state index in [1.54, 1.807) is 24.6 Å². The predicted molar refractivity (Wildman–Crippen MR) is 87.7 cm³/mol. The van der Waals surface area contributed by atoms with E-state index in [1.807, 2.05) is 0 Å². The van der Waals surface area contributed by atoms with Gasteiger partial charge in [0.15, 0.2) is 5.92 Å². The highest BCUT2D eigenvalue weighted by Crippen LogP contribution is 2.50. The van der Waals surface area contributed by atoms with E-state index in [9.17, 15) is 29.4 Å². The standard InChI is InChI=1S/C15H16N2O6S2/c1-15(2)9(14(22)23)17-11(19)8(12(17)25-15)16-10(18)7(13(20)21)6-3-4-24-5-6/h3-5,7-9,12H,1-2H3,(H,16,18)(H,20,21)(H,22,23)/p-1/t7?,8-,9+,12-/m1/s1. The molecule has 2 fully saturated rings. The maximum absolute atomic E-state index is 12.4. The third kappa shape index (κ3) is 2.78. The molecule has 4 atom stereocenters. The minimum Gasteiger partial charge on any atom is -0.548 e. The molecule has 1 aromatic heterocycles. The normalized spacial score (nSPS) is 28.0. The van der Waals surface area contributed by atoms with E-state index in [-0.39, 0.29) is 0 Å². The Morgan fingerprint density at radius 2 is 2.08 bits per heavy atom. The summed E-state index contributed by atoms with van der Waals surface area (Å²) in [7, 11) is 0. The molecule has 0 spiro atoms. The van der Waals surface area contributed by atoms with Gasteiger partial charge in [0.2, 0.25) is 11.8 Å². The second kappa shape index (κ2) is 6.03. The zero-order chi connectivity index (χ0) is 18.5. The molecule has 0 radical (unpaired) electrons. The highest BCUT2D eigenvalue weighted by atomic mass is 32.2. The van der Waals surface area contributed by atoms with E-state index in [0.717, 1.165) is 0 Å². The van der Waals surface area contributed by atoms with Crippen molar-refractivity contribution in [3.8, 4) is 0 Å². The van der Waals surface area contributed by atoms with Gasteiger partial charge in [-0.3, -0.25) is 14.4 Å². The number of nitrogens with one attached hydrogen (secondary N) is 1. The summed E-state index contributed by atoms with van der Waals surface area (Å²) in [6.07, 6.45) is 0. The first-order chi connectivity index (χ1) is 11.6. The lowest BCUT2D eigenvalue weighted by molar-refractivity contribution is -0.312. The van der Waals surface area contributed by atoms with Crippen molar-refractivity contribution < 1.29 is 29.4 Å². The van der Waals surface area contributed by atoms with Crippen LogP contribution < -0.4 is 10.4 Å². The van der Waals surface area contributed by atoms with E-state index < -0.39 is 51.9 Å². The topological polar surface area (TPSA) is 127 Å². The van der Waals surface area contributed by atoms with Gasteiger partial charge >= 0.3 is 5.97 Å². The van der Waals surface area contributed by atoms with Crippen molar-refractivity contribution in [2.24, 2.45) is 0 Å². The molecule has 2 amide bonds. The van der Waals surface area contributed by atoms with Crippen LogP contribution in [0.4, 0.5) is 0 Å². The average molecular weight is 383 g/mol. The highest BCUT2D eigenvalue weighted by Gasteiger charge is 2.62. The summed E-state index contributed by atoms with van der Waals surface area (Å²) in [5.74, 6) is -5.41. The number of carboxylic acids is 2. The molecule has 2 saturated heterocycles. The smallest absolute Gasteiger partial charge is 0.320 e. The Morgan fingerprint density at radius 3 is 2.60 bits per heavy atom. The predicted octanol–water partition coefficient (Wildman–Crippen LogP) is -0.787. The summed E-state index contributed by atoms with van der Waals surface area (Å²) in [6, 6.07) is -0.491. The fourth-order valence-corrected chi connectivity index (χ4v) is 5.52. The number of hydrogen-bond acceptors (Lipinski definition) is 7. The number of fused-ring (bicyclic) bond motifs is 1. The lowest BCUT2D eigenvalue weighted by Gasteiger charge is -2.45. The molecule has 8 nitrogen and oxygen atoms in total. The molecule has 3 heterocycles.